The van der Waals surface area contributed by atoms with Gasteiger partial charge in [0.05, 0.1) is 0 Å². The van der Waals surface area contributed by atoms with E-state index < -0.39 is 0 Å². The predicted molar refractivity (Wildman–Crippen MR) is 55.4 cm³/mol. The Balaban J connectivity index is 2.91. The Kier molecular flexibility index (Phi) is 2.01. The van der Waals surface area contributed by atoms with Crippen molar-refractivity contribution < 1.29 is 0 Å². The van der Waals surface area contributed by atoms with E-state index in [1.165, 1.54) is 8.87 Å². The van der Waals surface area contributed by atoms with Crippen LogP contribution in [0.5, 0.6) is 0 Å². The molecule has 68 valence electrons. The van der Waals surface area contributed by atoms with Crippen molar-refractivity contribution in [2.75, 3.05) is 0 Å². The predicted octanol–water partition coefficient (Wildman–Crippen LogP) is 1.92. The van der Waals surface area contributed by atoms with E-state index in [0.717, 1.165) is 22.4 Å². The van der Waals surface area contributed by atoms with Crippen molar-refractivity contribution >= 4 is 25.5 Å². The molecule has 2 aromatic rings. The molecule has 0 atom stereocenters. The van der Waals surface area contributed by atoms with E-state index in [1.807, 2.05) is 13.8 Å². The first-order valence-electron chi connectivity index (χ1n) is 4.30. The molecule has 0 aliphatic rings. The van der Waals surface area contributed by atoms with Crippen LogP contribution >= 0.6 is 0 Å². The van der Waals surface area contributed by atoms with Crippen LogP contribution in [-0.2, 0) is 0 Å². The Morgan fingerprint density at radius 1 is 0.769 bits per heavy atom. The molecule has 0 fully saturated rings. The summed E-state index contributed by atoms with van der Waals surface area (Å²) >= 11 is 0.489. The number of nitrogens with zero attached hydrogens (tertiary/aromatic N) is 2. The van der Waals surface area contributed by atoms with Crippen molar-refractivity contribution in [3.63, 3.8) is 0 Å². The maximum atomic E-state index is 4.58. The Morgan fingerprint density at radius 2 is 1.15 bits per heavy atom. The van der Waals surface area contributed by atoms with Crippen LogP contribution in [0.3, 0.4) is 0 Å². The van der Waals surface area contributed by atoms with Gasteiger partial charge < -0.3 is 0 Å². The summed E-state index contributed by atoms with van der Waals surface area (Å²) in [7, 11) is 0. The summed E-state index contributed by atoms with van der Waals surface area (Å²) in [6, 6.07) is 0. The van der Waals surface area contributed by atoms with Crippen LogP contribution in [0.2, 0.25) is 0 Å². The standard InChI is InChI=1S/C10H12N2Se/c1-5-6(2)12-10-8(4)13-7(3)9(10)11-5/h1-4H3. The molecule has 0 aliphatic heterocycles. The molecule has 2 rings (SSSR count). The third-order valence-corrected chi connectivity index (χ3v) is 4.38. The van der Waals surface area contributed by atoms with Gasteiger partial charge in [0.15, 0.2) is 0 Å². The molecular formula is C10H12N2Se. The third kappa shape index (κ3) is 1.32. The van der Waals surface area contributed by atoms with Crippen molar-refractivity contribution in [2.45, 2.75) is 27.7 Å². The fourth-order valence-corrected chi connectivity index (χ4v) is 3.39. The van der Waals surface area contributed by atoms with E-state index in [2.05, 4.69) is 23.8 Å². The van der Waals surface area contributed by atoms with Crippen LogP contribution in [0, 0.1) is 27.7 Å². The fraction of sp³-hybridized carbons (Fsp3) is 0.400. The first-order chi connectivity index (χ1) is 6.09. The van der Waals surface area contributed by atoms with Gasteiger partial charge in [-0.15, -0.1) is 0 Å². The number of aryl methyl sites for hydroxylation is 4. The molecule has 0 unspecified atom stereocenters. The molecule has 0 saturated carbocycles. The van der Waals surface area contributed by atoms with Gasteiger partial charge in [-0.25, -0.2) is 0 Å². The SMILES string of the molecule is Cc1nc2c(C)[se]c(C)c2nc1C. The minimum atomic E-state index is 0.489. The van der Waals surface area contributed by atoms with Gasteiger partial charge in [0, 0.05) is 0 Å². The Morgan fingerprint density at radius 3 is 1.54 bits per heavy atom. The van der Waals surface area contributed by atoms with E-state index in [4.69, 9.17) is 0 Å². The van der Waals surface area contributed by atoms with E-state index in [9.17, 15) is 0 Å². The van der Waals surface area contributed by atoms with Gasteiger partial charge in [-0.2, -0.15) is 0 Å². The first kappa shape index (κ1) is 8.92. The number of aromatic nitrogens is 2. The zero-order valence-electron chi connectivity index (χ0n) is 8.30. The second-order valence-corrected chi connectivity index (χ2v) is 6.30. The summed E-state index contributed by atoms with van der Waals surface area (Å²) in [5.74, 6) is 0. The van der Waals surface area contributed by atoms with E-state index in [0.29, 0.717) is 14.5 Å². The molecule has 0 aliphatic carbocycles. The summed E-state index contributed by atoms with van der Waals surface area (Å²) in [6.45, 7) is 8.38. The van der Waals surface area contributed by atoms with E-state index in [-0.39, 0.29) is 0 Å². The molecule has 0 amide bonds. The zero-order chi connectivity index (χ0) is 9.59. The van der Waals surface area contributed by atoms with Crippen LogP contribution < -0.4 is 0 Å². The molecule has 0 bridgehead atoms. The zero-order valence-corrected chi connectivity index (χ0v) is 10.0. The topological polar surface area (TPSA) is 25.8 Å². The molecule has 0 N–H and O–H groups in total. The number of fused-ring (bicyclic) bond motifs is 1. The molecule has 3 heteroatoms. The molecule has 2 heterocycles. The second-order valence-electron chi connectivity index (χ2n) is 3.31. The molecule has 13 heavy (non-hydrogen) atoms. The normalized spacial score (nSPS) is 11.1. The molecule has 0 spiro atoms. The van der Waals surface area contributed by atoms with Crippen molar-refractivity contribution in [2.24, 2.45) is 0 Å². The average molecular weight is 239 g/mol. The maximum absolute atomic E-state index is 4.58. The van der Waals surface area contributed by atoms with E-state index >= 15 is 0 Å². The molecule has 2 aromatic heterocycles. The third-order valence-electron chi connectivity index (χ3n) is 2.28. The van der Waals surface area contributed by atoms with Gasteiger partial charge in [0.25, 0.3) is 0 Å². The van der Waals surface area contributed by atoms with Crippen LogP contribution in [0.1, 0.15) is 20.3 Å². The number of rotatable bonds is 0. The van der Waals surface area contributed by atoms with Gasteiger partial charge in [0.1, 0.15) is 0 Å². The fourth-order valence-electron chi connectivity index (χ4n) is 1.42. The van der Waals surface area contributed by atoms with Crippen molar-refractivity contribution in [1.29, 1.82) is 0 Å². The summed E-state index contributed by atoms with van der Waals surface area (Å²) in [6.07, 6.45) is 0. The monoisotopic (exact) mass is 240 g/mol. The van der Waals surface area contributed by atoms with E-state index in [1.54, 1.807) is 0 Å². The summed E-state index contributed by atoms with van der Waals surface area (Å²) in [5, 5.41) is 0. The van der Waals surface area contributed by atoms with Gasteiger partial charge in [-0.1, -0.05) is 0 Å². The second kappa shape index (κ2) is 2.93. The van der Waals surface area contributed by atoms with Crippen LogP contribution in [0.15, 0.2) is 0 Å². The Bertz CT molecular complexity index is 429. The molecular weight excluding hydrogens is 227 g/mol. The van der Waals surface area contributed by atoms with Crippen LogP contribution in [0.4, 0.5) is 0 Å². The van der Waals surface area contributed by atoms with Gasteiger partial charge >= 0.3 is 83.5 Å². The summed E-state index contributed by atoms with van der Waals surface area (Å²) < 4.78 is 2.83. The van der Waals surface area contributed by atoms with Crippen molar-refractivity contribution in [3.8, 4) is 0 Å². The van der Waals surface area contributed by atoms with Crippen LogP contribution in [0.25, 0.3) is 11.0 Å². The quantitative estimate of drug-likeness (QED) is 0.656. The summed E-state index contributed by atoms with van der Waals surface area (Å²) in [5.41, 5.74) is 4.40. The molecule has 0 aromatic carbocycles. The van der Waals surface area contributed by atoms with Gasteiger partial charge in [-0.3, -0.25) is 0 Å². The molecule has 0 saturated heterocycles. The van der Waals surface area contributed by atoms with Crippen molar-refractivity contribution in [3.05, 3.63) is 20.3 Å². The Hall–Kier alpha value is -0.661. The van der Waals surface area contributed by atoms with Crippen molar-refractivity contribution in [1.82, 2.24) is 9.97 Å². The minimum absolute atomic E-state index is 0.489. The van der Waals surface area contributed by atoms with Crippen LogP contribution in [-0.4, -0.2) is 24.5 Å². The molecule has 0 radical (unpaired) electrons. The number of hydrogen-bond donors (Lipinski definition) is 0. The molecule has 2 nitrogen and oxygen atoms in total. The Labute approximate surface area is 83.8 Å². The first-order valence-corrected chi connectivity index (χ1v) is 6.02. The summed E-state index contributed by atoms with van der Waals surface area (Å²) in [4.78, 5) is 9.16. The van der Waals surface area contributed by atoms with Gasteiger partial charge in [-0.05, 0) is 0 Å². The number of hydrogen-bond acceptors (Lipinski definition) is 2. The average Bonchev–Trinajstić information content (AvgIpc) is 2.31. The van der Waals surface area contributed by atoms with Gasteiger partial charge in [0.2, 0.25) is 0 Å².